The van der Waals surface area contributed by atoms with Crippen molar-refractivity contribution in [3.8, 4) is 5.75 Å². The Labute approximate surface area is 204 Å². The molecule has 0 aromatic heterocycles. The minimum absolute atomic E-state index is 0.0269. The van der Waals surface area contributed by atoms with Gasteiger partial charge in [0.15, 0.2) is 0 Å². The maximum atomic E-state index is 13.5. The number of ether oxygens (including phenoxy) is 4. The summed E-state index contributed by atoms with van der Waals surface area (Å²) in [5, 5.41) is 8.97. The molecular formula is C18H16Cl2F3NO9S. The van der Waals surface area contributed by atoms with Crippen LogP contribution in [0, 0.1) is 10.1 Å². The first-order valence-electron chi connectivity index (χ1n) is 9.22. The van der Waals surface area contributed by atoms with Crippen molar-refractivity contribution in [3.63, 3.8) is 0 Å². The summed E-state index contributed by atoms with van der Waals surface area (Å²) < 4.78 is 59.6. The molecule has 0 saturated carbocycles. The molecule has 1 heterocycles. The molecule has 0 N–H and O–H groups in total. The Hall–Kier alpha value is -2.58. The van der Waals surface area contributed by atoms with Crippen LogP contribution in [0.25, 0.3) is 6.08 Å². The lowest BCUT2D eigenvalue weighted by Crippen LogP contribution is -2.41. The van der Waals surface area contributed by atoms with Crippen molar-refractivity contribution in [2.24, 2.45) is 0 Å². The Morgan fingerprint density at radius 3 is 2.56 bits per heavy atom. The highest BCUT2D eigenvalue weighted by molar-refractivity contribution is 7.99. The summed E-state index contributed by atoms with van der Waals surface area (Å²) in [5.74, 6) is -1.23. The van der Waals surface area contributed by atoms with Gasteiger partial charge in [-0.25, -0.2) is 9.59 Å². The van der Waals surface area contributed by atoms with Gasteiger partial charge >= 0.3 is 18.3 Å². The molecule has 1 aliphatic heterocycles. The predicted molar refractivity (Wildman–Crippen MR) is 113 cm³/mol. The molecule has 34 heavy (non-hydrogen) atoms. The molecule has 10 nitrogen and oxygen atoms in total. The number of esters is 1. The van der Waals surface area contributed by atoms with Crippen molar-refractivity contribution >= 4 is 53.2 Å². The van der Waals surface area contributed by atoms with Gasteiger partial charge < -0.3 is 23.8 Å². The van der Waals surface area contributed by atoms with Gasteiger partial charge in [-0.15, -0.1) is 10.1 Å². The second-order valence-electron chi connectivity index (χ2n) is 6.30. The van der Waals surface area contributed by atoms with Gasteiger partial charge in [-0.05, 0) is 18.2 Å². The molecule has 2 atom stereocenters. The minimum Gasteiger partial charge on any atom is -0.474 e. The van der Waals surface area contributed by atoms with E-state index in [9.17, 15) is 32.9 Å². The average Bonchev–Trinajstić information content (AvgIpc) is 2.70. The molecule has 2 unspecified atom stereocenters. The summed E-state index contributed by atoms with van der Waals surface area (Å²) in [6.07, 6.45) is -9.63. The van der Waals surface area contributed by atoms with Crippen LogP contribution in [-0.4, -0.2) is 60.5 Å². The summed E-state index contributed by atoms with van der Waals surface area (Å²) in [6, 6.07) is 2.44. The van der Waals surface area contributed by atoms with Gasteiger partial charge in [-0.3, -0.25) is 0 Å². The summed E-state index contributed by atoms with van der Waals surface area (Å²) >= 11 is 12.9. The fraction of sp³-hybridized carbons (Fsp3) is 0.444. The first-order valence-corrected chi connectivity index (χ1v) is 11.1. The number of hydrogen-bond acceptors (Lipinski definition) is 10. The van der Waals surface area contributed by atoms with Crippen molar-refractivity contribution in [2.45, 2.75) is 25.5 Å². The topological polar surface area (TPSA) is 123 Å². The van der Waals surface area contributed by atoms with Crippen molar-refractivity contribution in [2.75, 3.05) is 24.7 Å². The quantitative estimate of drug-likeness (QED) is 0.133. The lowest BCUT2D eigenvalue weighted by molar-refractivity contribution is -0.756. The monoisotopic (exact) mass is 549 g/mol. The summed E-state index contributed by atoms with van der Waals surface area (Å²) in [6.45, 7) is 0.809. The Kier molecular flexibility index (Phi) is 9.94. The van der Waals surface area contributed by atoms with Gasteiger partial charge in [0.25, 0.3) is 5.09 Å². The fourth-order valence-corrected chi connectivity index (χ4v) is 3.67. The summed E-state index contributed by atoms with van der Waals surface area (Å²) in [5.41, 5.74) is -0.880. The van der Waals surface area contributed by atoms with Crippen LogP contribution in [0.3, 0.4) is 0 Å². The standard InChI is InChI=1S/C18H16Cl2F3NO9S/c1-9(32-17(26)29-2-4-34-5-3-30-24(27)28)31-16(25)12-7-10-6-11(19)8-13(20)14(10)33-15(12)18(21,22)23/h6-9,15H,2-5H2,1H3. The van der Waals surface area contributed by atoms with E-state index in [2.05, 4.69) is 9.57 Å². The molecule has 0 bridgehead atoms. The Bertz CT molecular complexity index is 961. The predicted octanol–water partition coefficient (Wildman–Crippen LogP) is 4.68. The molecule has 1 aliphatic rings. The number of hydrogen-bond donors (Lipinski definition) is 0. The first-order chi connectivity index (χ1) is 15.9. The van der Waals surface area contributed by atoms with E-state index in [4.69, 9.17) is 37.4 Å². The molecule has 16 heteroatoms. The zero-order valence-electron chi connectivity index (χ0n) is 17.1. The van der Waals surface area contributed by atoms with E-state index in [-0.39, 0.29) is 46.1 Å². The van der Waals surface area contributed by atoms with Gasteiger partial charge in [0, 0.05) is 29.0 Å². The molecule has 0 saturated heterocycles. The van der Waals surface area contributed by atoms with Crippen molar-refractivity contribution < 1.29 is 51.6 Å². The molecule has 0 fully saturated rings. The number of thioether (sulfide) groups is 1. The largest absolute Gasteiger partial charge is 0.511 e. The summed E-state index contributed by atoms with van der Waals surface area (Å²) in [4.78, 5) is 38.1. The molecule has 1 aromatic rings. The van der Waals surface area contributed by atoms with Crippen molar-refractivity contribution in [1.82, 2.24) is 0 Å². The van der Waals surface area contributed by atoms with Gasteiger partial charge in [0.2, 0.25) is 12.4 Å². The normalized spacial score (nSPS) is 15.8. The van der Waals surface area contributed by atoms with Gasteiger partial charge in [0.05, 0.1) is 10.6 Å². The molecule has 0 aliphatic carbocycles. The number of fused-ring (bicyclic) bond motifs is 1. The SMILES string of the molecule is CC(OC(=O)OCCSCCO[N+](=O)[O-])OC(=O)C1=Cc2cc(Cl)cc(Cl)c2OC1C(F)(F)F. The van der Waals surface area contributed by atoms with Gasteiger partial charge in [-0.1, -0.05) is 23.2 Å². The smallest absolute Gasteiger partial charge is 0.474 e. The van der Waals surface area contributed by atoms with Crippen LogP contribution in [0.2, 0.25) is 10.0 Å². The van der Waals surface area contributed by atoms with Gasteiger partial charge in [-0.2, -0.15) is 24.9 Å². The number of carbonyl (C=O) groups is 2. The van der Waals surface area contributed by atoms with Crippen LogP contribution in [0.4, 0.5) is 18.0 Å². The number of benzene rings is 1. The lowest BCUT2D eigenvalue weighted by atomic mass is 10.0. The average molecular weight is 550 g/mol. The molecule has 188 valence electrons. The minimum atomic E-state index is -4.99. The number of alkyl halides is 3. The molecule has 0 radical (unpaired) electrons. The van der Waals surface area contributed by atoms with Crippen LogP contribution >= 0.6 is 35.0 Å². The van der Waals surface area contributed by atoms with Crippen molar-refractivity contribution in [1.29, 1.82) is 0 Å². The lowest BCUT2D eigenvalue weighted by Gasteiger charge is -2.29. The Morgan fingerprint density at radius 2 is 1.91 bits per heavy atom. The highest BCUT2D eigenvalue weighted by Gasteiger charge is 2.49. The van der Waals surface area contributed by atoms with Crippen molar-refractivity contribution in [3.05, 3.63) is 43.4 Å². The Morgan fingerprint density at radius 1 is 1.24 bits per heavy atom. The third-order valence-electron chi connectivity index (χ3n) is 3.81. The number of carbonyl (C=O) groups excluding carboxylic acids is 2. The molecule has 0 spiro atoms. The zero-order valence-corrected chi connectivity index (χ0v) is 19.5. The van der Waals surface area contributed by atoms with E-state index in [0.717, 1.165) is 13.0 Å². The number of halogens is 5. The van der Waals surface area contributed by atoms with Crippen LogP contribution in [0.1, 0.15) is 12.5 Å². The van der Waals surface area contributed by atoms with E-state index in [0.29, 0.717) is 0 Å². The van der Waals surface area contributed by atoms with Crippen LogP contribution < -0.4 is 4.74 Å². The first kappa shape index (κ1) is 27.7. The third kappa shape index (κ3) is 8.33. The van der Waals surface area contributed by atoms with E-state index in [1.54, 1.807) is 0 Å². The maximum Gasteiger partial charge on any atom is 0.511 e. The third-order valence-corrected chi connectivity index (χ3v) is 5.22. The molecule has 2 rings (SSSR count). The van der Waals surface area contributed by atoms with Crippen LogP contribution in [0.15, 0.2) is 17.7 Å². The second kappa shape index (κ2) is 12.2. The fourth-order valence-electron chi connectivity index (χ4n) is 2.51. The maximum absolute atomic E-state index is 13.5. The van der Waals surface area contributed by atoms with Crippen LogP contribution in [0.5, 0.6) is 5.75 Å². The molecule has 1 aromatic carbocycles. The van der Waals surface area contributed by atoms with E-state index in [1.165, 1.54) is 23.9 Å². The highest BCUT2D eigenvalue weighted by atomic mass is 35.5. The second-order valence-corrected chi connectivity index (χ2v) is 8.37. The number of rotatable bonds is 10. The van der Waals surface area contributed by atoms with E-state index >= 15 is 0 Å². The summed E-state index contributed by atoms with van der Waals surface area (Å²) in [7, 11) is 0. The molecule has 0 amide bonds. The number of nitrogens with zero attached hydrogens (tertiary/aromatic N) is 1. The van der Waals surface area contributed by atoms with Crippen LogP contribution in [-0.2, 0) is 23.8 Å². The zero-order chi connectivity index (χ0) is 25.5. The van der Waals surface area contributed by atoms with E-state index < -0.39 is 41.4 Å². The molecular weight excluding hydrogens is 534 g/mol. The Balaban J connectivity index is 1.92. The van der Waals surface area contributed by atoms with E-state index in [1.807, 2.05) is 0 Å². The highest BCUT2D eigenvalue weighted by Crippen LogP contribution is 2.42. The van der Waals surface area contributed by atoms with Gasteiger partial charge in [0.1, 0.15) is 19.0 Å².